The number of carbonyl (C=O) groups is 1. The molecule has 0 aromatic carbocycles. The molecule has 0 aromatic rings. The monoisotopic (exact) mass is 398 g/mol. The van der Waals surface area contributed by atoms with Crippen molar-refractivity contribution in [3.05, 3.63) is 24.3 Å². The second-order valence-corrected chi connectivity index (χ2v) is 11.6. The van der Waals surface area contributed by atoms with Gasteiger partial charge < -0.3 is 5.11 Å². The average molecular weight is 399 g/mol. The molecular weight excluding hydrogens is 356 g/mol. The lowest BCUT2D eigenvalue weighted by Gasteiger charge is -2.58. The van der Waals surface area contributed by atoms with E-state index in [1.54, 1.807) is 0 Å². The first-order chi connectivity index (χ1) is 13.7. The zero-order valence-electron chi connectivity index (χ0n) is 19.1. The summed E-state index contributed by atoms with van der Waals surface area (Å²) < 4.78 is 0. The molecule has 0 amide bonds. The lowest BCUT2D eigenvalue weighted by Crippen LogP contribution is -2.51. The molecule has 0 heterocycles. The normalized spacial score (nSPS) is 44.7. The molecule has 0 aliphatic heterocycles. The van der Waals surface area contributed by atoms with Crippen LogP contribution in [0.2, 0.25) is 0 Å². The maximum Gasteiger partial charge on any atom is 0.155 e. The summed E-state index contributed by atoms with van der Waals surface area (Å²) in [6.45, 7) is 13.4. The van der Waals surface area contributed by atoms with Crippen LogP contribution in [-0.2, 0) is 4.79 Å². The quantitative estimate of drug-likeness (QED) is 0.548. The molecule has 3 fully saturated rings. The highest BCUT2D eigenvalue weighted by Crippen LogP contribution is 2.67. The number of fused-ring (bicyclic) bond motifs is 5. The first-order valence-electron chi connectivity index (χ1n) is 12.2. The van der Waals surface area contributed by atoms with E-state index in [1.165, 1.54) is 37.7 Å². The van der Waals surface area contributed by atoms with E-state index in [0.29, 0.717) is 29.0 Å². The van der Waals surface area contributed by atoms with Crippen LogP contribution in [0, 0.1) is 46.3 Å². The molecule has 2 nitrogen and oxygen atoms in total. The summed E-state index contributed by atoms with van der Waals surface area (Å²) in [4.78, 5) is 12.0. The predicted molar refractivity (Wildman–Crippen MR) is 119 cm³/mol. The summed E-state index contributed by atoms with van der Waals surface area (Å²) in [6.07, 6.45) is 14.1. The summed E-state index contributed by atoms with van der Waals surface area (Å²) in [5.41, 5.74) is 2.11. The number of hydrogen-bond acceptors (Lipinski definition) is 2. The Morgan fingerprint density at radius 3 is 2.62 bits per heavy atom. The van der Waals surface area contributed by atoms with Gasteiger partial charge >= 0.3 is 0 Å². The SMILES string of the molecule is C=C[C@H](C)C[C@H](O)[C@@H](C)C1CC[C@H]2[C@@H]3CCC4=CC(=O)CC[C@]4(C)[C@H]3CC[C@]12C. The van der Waals surface area contributed by atoms with Gasteiger partial charge in [0.25, 0.3) is 0 Å². The van der Waals surface area contributed by atoms with Crippen LogP contribution in [-0.4, -0.2) is 17.0 Å². The fourth-order valence-electron chi connectivity index (χ4n) is 8.42. The van der Waals surface area contributed by atoms with Crippen molar-refractivity contribution in [3.63, 3.8) is 0 Å². The zero-order valence-corrected chi connectivity index (χ0v) is 19.1. The minimum absolute atomic E-state index is 0.218. The average Bonchev–Trinajstić information content (AvgIpc) is 3.04. The van der Waals surface area contributed by atoms with Gasteiger partial charge in [0.05, 0.1) is 6.10 Å². The maximum atomic E-state index is 12.0. The van der Waals surface area contributed by atoms with Gasteiger partial charge in [-0.05, 0) is 104 Å². The van der Waals surface area contributed by atoms with Crippen molar-refractivity contribution in [1.29, 1.82) is 0 Å². The van der Waals surface area contributed by atoms with Gasteiger partial charge in [-0.15, -0.1) is 6.58 Å². The third kappa shape index (κ3) is 3.38. The first kappa shape index (κ1) is 21.3. The second-order valence-electron chi connectivity index (χ2n) is 11.6. The second kappa shape index (κ2) is 7.66. The number of aliphatic hydroxyl groups excluding tert-OH is 1. The molecule has 0 saturated heterocycles. The van der Waals surface area contributed by atoms with E-state index in [4.69, 9.17) is 0 Å². The lowest BCUT2D eigenvalue weighted by molar-refractivity contribution is -0.117. The number of aliphatic hydroxyl groups is 1. The molecule has 4 rings (SSSR count). The standard InChI is InChI=1S/C27H42O2/c1-6-17(2)15-25(29)18(3)22-9-10-23-21-8-7-19-16-20(28)11-13-26(19,4)24(21)12-14-27(22,23)5/h6,16-18,21-25,29H,1,7-15H2,2-5H3/t17-,18-,21-,22?,23-,24-,25-,26-,27+/m0/s1. The maximum absolute atomic E-state index is 12.0. The molecule has 0 aromatic heterocycles. The molecule has 4 aliphatic carbocycles. The Labute approximate surface area is 178 Å². The lowest BCUT2D eigenvalue weighted by atomic mass is 9.46. The number of rotatable bonds is 5. The highest BCUT2D eigenvalue weighted by atomic mass is 16.3. The van der Waals surface area contributed by atoms with Crippen molar-refractivity contribution in [3.8, 4) is 0 Å². The van der Waals surface area contributed by atoms with Crippen LogP contribution in [0.1, 0.15) is 85.5 Å². The molecule has 9 atom stereocenters. The van der Waals surface area contributed by atoms with Gasteiger partial charge in [0.15, 0.2) is 5.78 Å². The molecular formula is C27H42O2. The minimum Gasteiger partial charge on any atom is -0.393 e. The number of carbonyl (C=O) groups excluding carboxylic acids is 1. The first-order valence-corrected chi connectivity index (χ1v) is 12.2. The summed E-state index contributed by atoms with van der Waals surface area (Å²) in [5.74, 6) is 4.11. The van der Waals surface area contributed by atoms with Crippen molar-refractivity contribution in [1.82, 2.24) is 0 Å². The van der Waals surface area contributed by atoms with E-state index >= 15 is 0 Å². The molecule has 1 unspecified atom stereocenters. The molecule has 4 aliphatic rings. The minimum atomic E-state index is -0.218. The molecule has 0 bridgehead atoms. The largest absolute Gasteiger partial charge is 0.393 e. The van der Waals surface area contributed by atoms with Gasteiger partial charge in [-0.3, -0.25) is 4.79 Å². The third-order valence-electron chi connectivity index (χ3n) is 10.3. The van der Waals surface area contributed by atoms with Crippen molar-refractivity contribution in [2.75, 3.05) is 0 Å². The highest BCUT2D eigenvalue weighted by molar-refractivity contribution is 5.91. The van der Waals surface area contributed by atoms with Crippen LogP contribution in [0.3, 0.4) is 0 Å². The summed E-state index contributed by atoms with van der Waals surface area (Å²) >= 11 is 0. The van der Waals surface area contributed by atoms with Crippen LogP contribution in [0.5, 0.6) is 0 Å². The third-order valence-corrected chi connectivity index (χ3v) is 10.3. The Morgan fingerprint density at radius 2 is 1.90 bits per heavy atom. The van der Waals surface area contributed by atoms with Gasteiger partial charge in [0.1, 0.15) is 0 Å². The Balaban J connectivity index is 1.54. The molecule has 0 spiro atoms. The van der Waals surface area contributed by atoms with E-state index in [9.17, 15) is 9.90 Å². The Kier molecular flexibility index (Phi) is 5.64. The van der Waals surface area contributed by atoms with E-state index in [-0.39, 0.29) is 11.5 Å². The van der Waals surface area contributed by atoms with E-state index in [0.717, 1.165) is 43.4 Å². The molecule has 29 heavy (non-hydrogen) atoms. The van der Waals surface area contributed by atoms with Gasteiger partial charge in [0.2, 0.25) is 0 Å². The van der Waals surface area contributed by atoms with E-state index in [1.807, 2.05) is 12.2 Å². The molecule has 2 heteroatoms. The smallest absolute Gasteiger partial charge is 0.155 e. The Hall–Kier alpha value is -0.890. The summed E-state index contributed by atoms with van der Waals surface area (Å²) in [5, 5.41) is 10.9. The molecule has 1 N–H and O–H groups in total. The predicted octanol–water partition coefficient (Wildman–Crippen LogP) is 6.34. The highest BCUT2D eigenvalue weighted by Gasteiger charge is 2.59. The van der Waals surface area contributed by atoms with Crippen molar-refractivity contribution in [2.24, 2.45) is 46.3 Å². The van der Waals surface area contributed by atoms with E-state index in [2.05, 4.69) is 34.3 Å². The Morgan fingerprint density at radius 1 is 1.14 bits per heavy atom. The van der Waals surface area contributed by atoms with Crippen LogP contribution >= 0.6 is 0 Å². The fraction of sp³-hybridized carbons (Fsp3) is 0.815. The Bertz CT molecular complexity index is 693. The van der Waals surface area contributed by atoms with Crippen molar-refractivity contribution in [2.45, 2.75) is 91.6 Å². The van der Waals surface area contributed by atoms with Crippen LogP contribution in [0.25, 0.3) is 0 Å². The van der Waals surface area contributed by atoms with Gasteiger partial charge in [-0.1, -0.05) is 39.3 Å². The number of allylic oxidation sites excluding steroid dienone is 2. The van der Waals surface area contributed by atoms with Gasteiger partial charge in [0, 0.05) is 6.42 Å². The van der Waals surface area contributed by atoms with Gasteiger partial charge in [-0.2, -0.15) is 0 Å². The molecule has 0 radical (unpaired) electrons. The summed E-state index contributed by atoms with van der Waals surface area (Å²) in [6, 6.07) is 0. The fourth-order valence-corrected chi connectivity index (χ4v) is 8.42. The van der Waals surface area contributed by atoms with Crippen LogP contribution < -0.4 is 0 Å². The number of hydrogen-bond donors (Lipinski definition) is 1. The van der Waals surface area contributed by atoms with Crippen molar-refractivity contribution < 1.29 is 9.90 Å². The van der Waals surface area contributed by atoms with Crippen LogP contribution in [0.15, 0.2) is 24.3 Å². The summed E-state index contributed by atoms with van der Waals surface area (Å²) in [7, 11) is 0. The topological polar surface area (TPSA) is 37.3 Å². The van der Waals surface area contributed by atoms with Gasteiger partial charge in [-0.25, -0.2) is 0 Å². The molecule has 162 valence electrons. The zero-order chi connectivity index (χ0) is 21.0. The number of ketones is 1. The molecule has 3 saturated carbocycles. The van der Waals surface area contributed by atoms with Crippen LogP contribution in [0.4, 0.5) is 0 Å². The van der Waals surface area contributed by atoms with E-state index < -0.39 is 0 Å². The van der Waals surface area contributed by atoms with Crippen molar-refractivity contribution >= 4 is 5.78 Å².